The SMILES string of the molecule is NC1=NC(c2ccc(F)cc2)C=C(c2ccc(F)cc2)O1. The molecule has 2 aromatic rings. The number of benzene rings is 2. The molecule has 0 bridgehead atoms. The largest absolute Gasteiger partial charge is 0.426 e. The molecule has 5 heteroatoms. The van der Waals surface area contributed by atoms with Crippen molar-refractivity contribution in [1.82, 2.24) is 0 Å². The van der Waals surface area contributed by atoms with Gasteiger partial charge < -0.3 is 10.5 Å². The lowest BCUT2D eigenvalue weighted by Crippen LogP contribution is -2.20. The molecular formula is C16H12F2N2O. The van der Waals surface area contributed by atoms with Crippen LogP contribution in [0, 0.1) is 11.6 Å². The van der Waals surface area contributed by atoms with Crippen LogP contribution in [0.4, 0.5) is 8.78 Å². The Balaban J connectivity index is 1.95. The molecule has 0 radical (unpaired) electrons. The Morgan fingerprint density at radius 3 is 2.10 bits per heavy atom. The zero-order chi connectivity index (χ0) is 14.8. The number of aliphatic imine (C=N–C) groups is 1. The predicted octanol–water partition coefficient (Wildman–Crippen LogP) is 3.39. The molecule has 2 N–H and O–H groups in total. The third kappa shape index (κ3) is 2.91. The van der Waals surface area contributed by atoms with Crippen molar-refractivity contribution in [3.8, 4) is 0 Å². The molecular weight excluding hydrogens is 274 g/mol. The first-order valence-electron chi connectivity index (χ1n) is 6.36. The van der Waals surface area contributed by atoms with Crippen LogP contribution in [0.15, 0.2) is 59.6 Å². The first kappa shape index (κ1) is 13.3. The first-order valence-corrected chi connectivity index (χ1v) is 6.36. The second kappa shape index (κ2) is 5.36. The van der Waals surface area contributed by atoms with Crippen molar-refractivity contribution in [2.45, 2.75) is 6.04 Å². The quantitative estimate of drug-likeness (QED) is 0.919. The van der Waals surface area contributed by atoms with Crippen molar-refractivity contribution in [2.75, 3.05) is 0 Å². The number of hydrogen-bond donors (Lipinski definition) is 1. The minimum atomic E-state index is -0.362. The van der Waals surface area contributed by atoms with Crippen LogP contribution in [0.2, 0.25) is 0 Å². The molecule has 21 heavy (non-hydrogen) atoms. The van der Waals surface area contributed by atoms with Crippen molar-refractivity contribution in [2.24, 2.45) is 10.7 Å². The Bertz CT molecular complexity index is 706. The van der Waals surface area contributed by atoms with Gasteiger partial charge in [-0.05, 0) is 48.0 Å². The highest BCUT2D eigenvalue weighted by Gasteiger charge is 2.18. The standard InChI is InChI=1S/C16H12F2N2O/c17-12-5-1-10(2-6-12)14-9-15(21-16(19)20-14)11-3-7-13(18)8-4-11/h1-9,14H,(H2,19,20). The summed E-state index contributed by atoms with van der Waals surface area (Å²) >= 11 is 0. The number of hydrogen-bond acceptors (Lipinski definition) is 3. The molecule has 3 nitrogen and oxygen atoms in total. The van der Waals surface area contributed by atoms with Crippen LogP contribution >= 0.6 is 0 Å². The lowest BCUT2D eigenvalue weighted by atomic mass is 10.0. The lowest BCUT2D eigenvalue weighted by molar-refractivity contribution is 0.476. The summed E-state index contributed by atoms with van der Waals surface area (Å²) in [6, 6.07) is 11.5. The van der Waals surface area contributed by atoms with Gasteiger partial charge in [0.15, 0.2) is 0 Å². The van der Waals surface area contributed by atoms with Crippen LogP contribution in [0.1, 0.15) is 17.2 Å². The van der Waals surface area contributed by atoms with Gasteiger partial charge in [0.1, 0.15) is 23.4 Å². The number of nitrogens with two attached hydrogens (primary N) is 1. The van der Waals surface area contributed by atoms with Gasteiger partial charge in [0, 0.05) is 5.56 Å². The minimum absolute atomic E-state index is 0.0196. The van der Waals surface area contributed by atoms with E-state index in [2.05, 4.69) is 4.99 Å². The summed E-state index contributed by atoms with van der Waals surface area (Å²) in [5.74, 6) is -0.144. The minimum Gasteiger partial charge on any atom is -0.426 e. The molecule has 2 aromatic carbocycles. The summed E-state index contributed by atoms with van der Waals surface area (Å²) in [5.41, 5.74) is 7.18. The summed E-state index contributed by atoms with van der Waals surface area (Å²) in [5, 5.41) is 0. The van der Waals surface area contributed by atoms with Crippen molar-refractivity contribution in [3.63, 3.8) is 0 Å². The van der Waals surface area contributed by atoms with Crippen molar-refractivity contribution >= 4 is 11.8 Å². The Labute approximate surface area is 120 Å². The Kier molecular flexibility index (Phi) is 3.39. The molecule has 0 aromatic heterocycles. The van der Waals surface area contributed by atoms with Gasteiger partial charge >= 0.3 is 0 Å². The number of halogens is 2. The fraction of sp³-hybridized carbons (Fsp3) is 0.0625. The molecule has 0 saturated heterocycles. The summed E-state index contributed by atoms with van der Waals surface area (Å²) in [7, 11) is 0. The Hall–Kier alpha value is -2.69. The predicted molar refractivity (Wildman–Crippen MR) is 76.2 cm³/mol. The molecule has 106 valence electrons. The molecule has 0 amide bonds. The molecule has 0 saturated carbocycles. The van der Waals surface area contributed by atoms with E-state index in [1.54, 1.807) is 30.3 Å². The summed E-state index contributed by atoms with van der Waals surface area (Å²) in [4.78, 5) is 4.17. The van der Waals surface area contributed by atoms with Gasteiger partial charge in [0.05, 0.1) is 0 Å². The molecule has 3 rings (SSSR count). The maximum absolute atomic E-state index is 13.0. The number of amidine groups is 1. The number of nitrogens with zero attached hydrogens (tertiary/aromatic N) is 1. The molecule has 0 fully saturated rings. The highest BCUT2D eigenvalue weighted by Crippen LogP contribution is 2.29. The van der Waals surface area contributed by atoms with Gasteiger partial charge in [-0.1, -0.05) is 12.1 Å². The Morgan fingerprint density at radius 1 is 0.905 bits per heavy atom. The van der Waals surface area contributed by atoms with E-state index < -0.39 is 0 Å². The fourth-order valence-electron chi connectivity index (χ4n) is 2.09. The topological polar surface area (TPSA) is 47.6 Å². The molecule has 1 aliphatic rings. The monoisotopic (exact) mass is 286 g/mol. The van der Waals surface area contributed by atoms with E-state index in [1.165, 1.54) is 24.3 Å². The van der Waals surface area contributed by atoms with Crippen LogP contribution in [-0.4, -0.2) is 6.02 Å². The van der Waals surface area contributed by atoms with Gasteiger partial charge in [-0.2, -0.15) is 0 Å². The molecule has 1 aliphatic heterocycles. The van der Waals surface area contributed by atoms with E-state index in [-0.39, 0.29) is 23.7 Å². The maximum atomic E-state index is 13.0. The highest BCUT2D eigenvalue weighted by atomic mass is 19.1. The van der Waals surface area contributed by atoms with Gasteiger partial charge in [0.2, 0.25) is 0 Å². The van der Waals surface area contributed by atoms with Gasteiger partial charge in [-0.3, -0.25) is 0 Å². The van der Waals surface area contributed by atoms with Gasteiger partial charge in [-0.15, -0.1) is 0 Å². The Morgan fingerprint density at radius 2 is 1.48 bits per heavy atom. The molecule has 1 unspecified atom stereocenters. The van der Waals surface area contributed by atoms with Crippen molar-refractivity contribution in [3.05, 3.63) is 77.4 Å². The van der Waals surface area contributed by atoms with E-state index >= 15 is 0 Å². The van der Waals surface area contributed by atoms with Gasteiger partial charge in [0.25, 0.3) is 6.02 Å². The highest BCUT2D eigenvalue weighted by molar-refractivity contribution is 5.82. The fourth-order valence-corrected chi connectivity index (χ4v) is 2.09. The second-order valence-corrected chi connectivity index (χ2v) is 4.60. The summed E-state index contributed by atoms with van der Waals surface area (Å²) in [6.45, 7) is 0. The first-order chi connectivity index (χ1) is 10.1. The van der Waals surface area contributed by atoms with E-state index in [0.29, 0.717) is 11.3 Å². The van der Waals surface area contributed by atoms with Crippen LogP contribution in [0.25, 0.3) is 5.76 Å². The maximum Gasteiger partial charge on any atom is 0.288 e. The van der Waals surface area contributed by atoms with E-state index in [9.17, 15) is 8.78 Å². The van der Waals surface area contributed by atoms with Crippen molar-refractivity contribution < 1.29 is 13.5 Å². The number of ether oxygens (including phenoxy) is 1. The lowest BCUT2D eigenvalue weighted by Gasteiger charge is -2.19. The third-order valence-electron chi connectivity index (χ3n) is 3.13. The average Bonchev–Trinajstić information content (AvgIpc) is 2.48. The van der Waals surface area contributed by atoms with Crippen LogP contribution < -0.4 is 5.73 Å². The summed E-state index contributed by atoms with van der Waals surface area (Å²) in [6.07, 6.45) is 1.76. The molecule has 0 aliphatic carbocycles. The van der Waals surface area contributed by atoms with Gasteiger partial charge in [-0.25, -0.2) is 13.8 Å². The van der Waals surface area contributed by atoms with E-state index in [1.807, 2.05) is 0 Å². The zero-order valence-corrected chi connectivity index (χ0v) is 11.0. The normalized spacial score (nSPS) is 17.7. The van der Waals surface area contributed by atoms with Crippen molar-refractivity contribution in [1.29, 1.82) is 0 Å². The average molecular weight is 286 g/mol. The smallest absolute Gasteiger partial charge is 0.288 e. The van der Waals surface area contributed by atoms with E-state index in [4.69, 9.17) is 10.5 Å². The zero-order valence-electron chi connectivity index (χ0n) is 11.0. The van der Waals surface area contributed by atoms with Crippen LogP contribution in [0.5, 0.6) is 0 Å². The second-order valence-electron chi connectivity index (χ2n) is 4.60. The van der Waals surface area contributed by atoms with Crippen LogP contribution in [-0.2, 0) is 4.74 Å². The summed E-state index contributed by atoms with van der Waals surface area (Å²) < 4.78 is 31.3. The molecule has 0 spiro atoms. The molecule has 1 heterocycles. The number of rotatable bonds is 2. The van der Waals surface area contributed by atoms with Crippen LogP contribution in [0.3, 0.4) is 0 Å². The van der Waals surface area contributed by atoms with E-state index in [0.717, 1.165) is 5.56 Å². The third-order valence-corrected chi connectivity index (χ3v) is 3.13. The molecule has 1 atom stereocenters.